The molecule has 0 aliphatic rings. The lowest BCUT2D eigenvalue weighted by atomic mass is 10.9. The van der Waals surface area contributed by atoms with Crippen LogP contribution in [0.3, 0.4) is 0 Å². The average Bonchev–Trinajstić information content (AvgIpc) is 2.39. The number of aromatic nitrogens is 4. The zero-order valence-corrected chi connectivity index (χ0v) is 7.05. The van der Waals surface area contributed by atoms with Gasteiger partial charge in [-0.2, -0.15) is 4.80 Å². The molecule has 60 valence electrons. The van der Waals surface area contributed by atoms with E-state index in [1.54, 1.807) is 0 Å². The van der Waals surface area contributed by atoms with E-state index in [1.807, 2.05) is 0 Å². The van der Waals surface area contributed by atoms with Gasteiger partial charge in [0.25, 0.3) is 0 Å². The van der Waals surface area contributed by atoms with E-state index in [1.165, 1.54) is 22.9 Å². The quantitative estimate of drug-likeness (QED) is 0.635. The first-order chi connectivity index (χ1) is 5.29. The number of hydrogen-bond donors (Lipinski definition) is 0. The summed E-state index contributed by atoms with van der Waals surface area (Å²) < 4.78 is 0. The average molecular weight is 193 g/mol. The summed E-state index contributed by atoms with van der Waals surface area (Å²) in [4.78, 5) is 11.6. The molecule has 0 amide bonds. The summed E-state index contributed by atoms with van der Waals surface area (Å²) >= 11 is 6.43. The van der Waals surface area contributed by atoms with Crippen molar-refractivity contribution in [1.29, 1.82) is 0 Å². The highest BCUT2D eigenvalue weighted by Gasteiger charge is 1.97. The second-order valence-electron chi connectivity index (χ2n) is 1.64. The van der Waals surface area contributed by atoms with E-state index in [0.29, 0.717) is 5.88 Å². The summed E-state index contributed by atoms with van der Waals surface area (Å²) in [6.07, 6.45) is 1.34. The fraction of sp³-hybridized carbons (Fsp3) is 0.500. The Kier molecular flexibility index (Phi) is 3.31. The van der Waals surface area contributed by atoms with Gasteiger partial charge in [-0.3, -0.25) is 4.79 Å². The highest BCUT2D eigenvalue weighted by Crippen LogP contribution is 2.02. The zero-order valence-electron chi connectivity index (χ0n) is 5.47. The SMILES string of the molecule is O=C(Cl)CSCn1ncnn1. The van der Waals surface area contributed by atoms with Crippen LogP contribution in [0.1, 0.15) is 0 Å². The number of tetrazole rings is 1. The minimum Gasteiger partial charge on any atom is -0.280 e. The maximum absolute atomic E-state index is 10.3. The fourth-order valence-corrected chi connectivity index (χ4v) is 1.22. The topological polar surface area (TPSA) is 60.7 Å². The van der Waals surface area contributed by atoms with E-state index in [4.69, 9.17) is 11.6 Å². The minimum atomic E-state index is -0.366. The fourth-order valence-electron chi connectivity index (χ4n) is 0.455. The second kappa shape index (κ2) is 4.30. The Morgan fingerprint density at radius 3 is 3.09 bits per heavy atom. The molecule has 0 saturated carbocycles. The molecule has 0 bridgehead atoms. The van der Waals surface area contributed by atoms with Crippen molar-refractivity contribution in [1.82, 2.24) is 20.2 Å². The van der Waals surface area contributed by atoms with Crippen molar-refractivity contribution in [3.05, 3.63) is 6.33 Å². The molecular weight excluding hydrogens is 188 g/mol. The summed E-state index contributed by atoms with van der Waals surface area (Å²) in [6, 6.07) is 0. The van der Waals surface area contributed by atoms with Crippen LogP contribution in [0, 0.1) is 0 Å². The molecule has 11 heavy (non-hydrogen) atoms. The summed E-state index contributed by atoms with van der Waals surface area (Å²) in [5.74, 6) is 0.765. The normalized spacial score (nSPS) is 9.91. The minimum absolute atomic E-state index is 0.267. The summed E-state index contributed by atoms with van der Waals surface area (Å²) in [6.45, 7) is 0. The standard InChI is InChI=1S/C4H5ClN4OS/c5-4(10)1-11-3-9-7-2-6-8-9/h2H,1,3H2. The van der Waals surface area contributed by atoms with Gasteiger partial charge >= 0.3 is 0 Å². The van der Waals surface area contributed by atoms with Gasteiger partial charge in [-0.25, -0.2) is 0 Å². The Bertz CT molecular complexity index is 226. The van der Waals surface area contributed by atoms with Gasteiger partial charge in [0.05, 0.1) is 5.75 Å². The molecule has 5 nitrogen and oxygen atoms in total. The lowest BCUT2D eigenvalue weighted by Crippen LogP contribution is -2.01. The van der Waals surface area contributed by atoms with E-state index in [2.05, 4.69) is 15.4 Å². The molecule has 0 saturated heterocycles. The molecule has 0 spiro atoms. The molecule has 1 aromatic rings. The Morgan fingerprint density at radius 1 is 1.73 bits per heavy atom. The highest BCUT2D eigenvalue weighted by atomic mass is 35.5. The molecular formula is C4H5ClN4OS. The number of thioether (sulfide) groups is 1. The van der Waals surface area contributed by atoms with E-state index in [0.717, 1.165) is 0 Å². The van der Waals surface area contributed by atoms with Crippen LogP contribution < -0.4 is 0 Å². The van der Waals surface area contributed by atoms with Crippen molar-refractivity contribution in [2.24, 2.45) is 0 Å². The Balaban J connectivity index is 2.19. The maximum atomic E-state index is 10.3. The van der Waals surface area contributed by atoms with Crippen LogP contribution in [0.2, 0.25) is 0 Å². The monoisotopic (exact) mass is 192 g/mol. The number of nitrogens with zero attached hydrogens (tertiary/aromatic N) is 4. The Morgan fingerprint density at radius 2 is 2.55 bits per heavy atom. The molecule has 1 aromatic heterocycles. The molecule has 0 atom stereocenters. The lowest BCUT2D eigenvalue weighted by molar-refractivity contribution is -0.109. The Hall–Kier alpha value is -0.620. The van der Waals surface area contributed by atoms with Crippen molar-refractivity contribution in [3.8, 4) is 0 Å². The second-order valence-corrected chi connectivity index (χ2v) is 3.02. The molecule has 0 fully saturated rings. The third-order valence-electron chi connectivity index (χ3n) is 0.814. The third-order valence-corrected chi connectivity index (χ3v) is 1.99. The Labute approximate surface area is 72.1 Å². The number of carbonyl (C=O) groups excluding carboxylic acids is 1. The van der Waals surface area contributed by atoms with Crippen molar-refractivity contribution in [3.63, 3.8) is 0 Å². The number of rotatable bonds is 4. The molecule has 7 heteroatoms. The summed E-state index contributed by atoms with van der Waals surface area (Å²) in [5.41, 5.74) is 0. The predicted molar refractivity (Wildman–Crippen MR) is 41.1 cm³/mol. The van der Waals surface area contributed by atoms with E-state index < -0.39 is 0 Å². The van der Waals surface area contributed by atoms with Crippen LogP contribution in [0.5, 0.6) is 0 Å². The van der Waals surface area contributed by atoms with Gasteiger partial charge in [0.15, 0.2) is 6.33 Å². The molecule has 0 aliphatic carbocycles. The molecule has 0 aromatic carbocycles. The van der Waals surface area contributed by atoms with Gasteiger partial charge in [-0.05, 0) is 16.8 Å². The first-order valence-corrected chi connectivity index (χ1v) is 4.29. The predicted octanol–water partition coefficient (Wildman–Crippen LogP) is 0.129. The molecule has 0 N–H and O–H groups in total. The number of carbonyl (C=O) groups is 1. The summed E-state index contributed by atoms with van der Waals surface area (Å²) in [7, 11) is 0. The maximum Gasteiger partial charge on any atom is 0.231 e. The first kappa shape index (κ1) is 8.48. The zero-order chi connectivity index (χ0) is 8.10. The first-order valence-electron chi connectivity index (χ1n) is 2.76. The van der Waals surface area contributed by atoms with Gasteiger partial charge in [0.2, 0.25) is 5.24 Å². The molecule has 0 aliphatic heterocycles. The third kappa shape index (κ3) is 3.33. The van der Waals surface area contributed by atoms with Gasteiger partial charge in [-0.1, -0.05) is 0 Å². The van der Waals surface area contributed by atoms with E-state index >= 15 is 0 Å². The van der Waals surface area contributed by atoms with Crippen LogP contribution in [0.15, 0.2) is 6.33 Å². The van der Waals surface area contributed by atoms with Crippen molar-refractivity contribution < 1.29 is 4.79 Å². The van der Waals surface area contributed by atoms with Gasteiger partial charge in [0, 0.05) is 0 Å². The van der Waals surface area contributed by atoms with Crippen LogP contribution in [-0.4, -0.2) is 31.2 Å². The molecule has 1 heterocycles. The molecule has 0 unspecified atom stereocenters. The van der Waals surface area contributed by atoms with Gasteiger partial charge in [-0.15, -0.1) is 22.0 Å². The van der Waals surface area contributed by atoms with Crippen molar-refractivity contribution in [2.45, 2.75) is 5.88 Å². The molecule has 1 rings (SSSR count). The van der Waals surface area contributed by atoms with Crippen LogP contribution in [0.25, 0.3) is 0 Å². The van der Waals surface area contributed by atoms with Crippen LogP contribution in [0.4, 0.5) is 0 Å². The van der Waals surface area contributed by atoms with Crippen molar-refractivity contribution >= 4 is 28.6 Å². The van der Waals surface area contributed by atoms with E-state index in [9.17, 15) is 4.79 Å². The smallest absolute Gasteiger partial charge is 0.231 e. The van der Waals surface area contributed by atoms with Gasteiger partial charge in [0.1, 0.15) is 5.88 Å². The number of hydrogen-bond acceptors (Lipinski definition) is 5. The van der Waals surface area contributed by atoms with Crippen LogP contribution in [-0.2, 0) is 10.7 Å². The van der Waals surface area contributed by atoms with Gasteiger partial charge < -0.3 is 0 Å². The van der Waals surface area contributed by atoms with Crippen LogP contribution >= 0.6 is 23.4 Å². The highest BCUT2D eigenvalue weighted by molar-refractivity contribution is 7.99. The lowest BCUT2D eigenvalue weighted by Gasteiger charge is -1.93. The largest absolute Gasteiger partial charge is 0.280 e. The van der Waals surface area contributed by atoms with Crippen molar-refractivity contribution in [2.75, 3.05) is 5.75 Å². The molecule has 0 radical (unpaired) electrons. The summed E-state index contributed by atoms with van der Waals surface area (Å²) in [5, 5.41) is 10.5. The number of halogens is 1. The van der Waals surface area contributed by atoms with E-state index in [-0.39, 0.29) is 11.0 Å².